The van der Waals surface area contributed by atoms with Gasteiger partial charge in [-0.25, -0.2) is 13.1 Å². The number of nitrogens with zero attached hydrogens (tertiary/aromatic N) is 1. The molecule has 2 aromatic rings. The Balaban J connectivity index is 1.42. The third-order valence-corrected chi connectivity index (χ3v) is 6.25. The van der Waals surface area contributed by atoms with Gasteiger partial charge in [-0.3, -0.25) is 0 Å². The molecule has 0 unspecified atom stereocenters. The van der Waals surface area contributed by atoms with Crippen molar-refractivity contribution in [3.8, 4) is 5.75 Å². The van der Waals surface area contributed by atoms with Crippen LogP contribution in [-0.2, 0) is 27.6 Å². The van der Waals surface area contributed by atoms with E-state index in [4.69, 9.17) is 9.47 Å². The molecule has 3 rings (SSSR count). The van der Waals surface area contributed by atoms with E-state index in [1.807, 2.05) is 24.3 Å². The van der Waals surface area contributed by atoms with Gasteiger partial charge < -0.3 is 14.4 Å². The first-order chi connectivity index (χ1) is 13.6. The van der Waals surface area contributed by atoms with Crippen LogP contribution in [0.25, 0.3) is 0 Å². The molecule has 0 radical (unpaired) electrons. The average Bonchev–Trinajstić information content (AvgIpc) is 2.74. The van der Waals surface area contributed by atoms with Gasteiger partial charge in [-0.15, -0.1) is 0 Å². The summed E-state index contributed by atoms with van der Waals surface area (Å²) in [5.41, 5.74) is 3.28. The van der Waals surface area contributed by atoms with Gasteiger partial charge in [0, 0.05) is 25.3 Å². The normalized spacial score (nSPS) is 14.8. The molecular formula is C21H28N2O4S. The molecule has 2 aromatic carbocycles. The standard InChI is InChI=1S/C21H28N2O4S/c1-26-21-8-4-19(5-9-21)11-17-28(24,25)22-12-10-18-2-6-20(7-3-18)23-13-15-27-16-14-23/h2-9,22H,10-17H2,1H3. The van der Waals surface area contributed by atoms with E-state index in [-0.39, 0.29) is 5.75 Å². The lowest BCUT2D eigenvalue weighted by molar-refractivity contribution is 0.122. The van der Waals surface area contributed by atoms with E-state index in [0.717, 1.165) is 43.2 Å². The van der Waals surface area contributed by atoms with Crippen LogP contribution >= 0.6 is 0 Å². The highest BCUT2D eigenvalue weighted by atomic mass is 32.2. The van der Waals surface area contributed by atoms with E-state index in [1.54, 1.807) is 7.11 Å². The molecule has 7 heteroatoms. The van der Waals surface area contributed by atoms with E-state index in [9.17, 15) is 8.42 Å². The quantitative estimate of drug-likeness (QED) is 0.694. The number of benzene rings is 2. The number of morpholine rings is 1. The number of anilines is 1. The van der Waals surface area contributed by atoms with Gasteiger partial charge in [-0.2, -0.15) is 0 Å². The van der Waals surface area contributed by atoms with Crippen LogP contribution in [0, 0.1) is 0 Å². The summed E-state index contributed by atoms with van der Waals surface area (Å²) < 4.78 is 37.6. The largest absolute Gasteiger partial charge is 0.497 e. The Labute approximate surface area is 167 Å². The Morgan fingerprint density at radius 1 is 0.964 bits per heavy atom. The number of ether oxygens (including phenoxy) is 2. The van der Waals surface area contributed by atoms with Crippen LogP contribution in [0.15, 0.2) is 48.5 Å². The summed E-state index contributed by atoms with van der Waals surface area (Å²) in [4.78, 5) is 2.30. The molecule has 0 saturated carbocycles. The second kappa shape index (κ2) is 9.91. The van der Waals surface area contributed by atoms with E-state index < -0.39 is 10.0 Å². The van der Waals surface area contributed by atoms with Gasteiger partial charge >= 0.3 is 0 Å². The Hall–Kier alpha value is -2.09. The second-order valence-electron chi connectivity index (χ2n) is 6.83. The molecule has 1 N–H and O–H groups in total. The Morgan fingerprint density at radius 3 is 2.21 bits per heavy atom. The van der Waals surface area contributed by atoms with E-state index in [0.29, 0.717) is 19.4 Å². The van der Waals surface area contributed by atoms with Gasteiger partial charge in [0.05, 0.1) is 26.1 Å². The van der Waals surface area contributed by atoms with Gasteiger partial charge in [-0.05, 0) is 48.2 Å². The highest BCUT2D eigenvalue weighted by Gasteiger charge is 2.12. The molecule has 0 amide bonds. The summed E-state index contributed by atoms with van der Waals surface area (Å²) >= 11 is 0. The first-order valence-corrected chi connectivity index (χ1v) is 11.2. The minimum Gasteiger partial charge on any atom is -0.497 e. The van der Waals surface area contributed by atoms with Gasteiger partial charge in [-0.1, -0.05) is 24.3 Å². The third-order valence-electron chi connectivity index (χ3n) is 4.87. The Morgan fingerprint density at radius 2 is 1.57 bits per heavy atom. The van der Waals surface area contributed by atoms with Crippen molar-refractivity contribution < 1.29 is 17.9 Å². The molecule has 0 atom stereocenters. The summed E-state index contributed by atoms with van der Waals surface area (Å²) in [5.74, 6) is 0.847. The maximum absolute atomic E-state index is 12.2. The monoisotopic (exact) mass is 404 g/mol. The van der Waals surface area contributed by atoms with Crippen molar-refractivity contribution in [2.75, 3.05) is 50.6 Å². The van der Waals surface area contributed by atoms with Crippen LogP contribution in [0.2, 0.25) is 0 Å². The molecule has 6 nitrogen and oxygen atoms in total. The predicted molar refractivity (Wildman–Crippen MR) is 112 cm³/mol. The lowest BCUT2D eigenvalue weighted by Crippen LogP contribution is -2.36. The zero-order chi connectivity index (χ0) is 19.8. The highest BCUT2D eigenvalue weighted by molar-refractivity contribution is 7.89. The van der Waals surface area contributed by atoms with Crippen molar-refractivity contribution in [1.29, 1.82) is 0 Å². The van der Waals surface area contributed by atoms with Crippen LogP contribution in [0.1, 0.15) is 11.1 Å². The molecule has 0 aromatic heterocycles. The number of hydrogen-bond acceptors (Lipinski definition) is 5. The minimum atomic E-state index is -3.29. The number of nitrogens with one attached hydrogen (secondary N) is 1. The van der Waals surface area contributed by atoms with Gasteiger partial charge in [0.25, 0.3) is 0 Å². The first kappa shape index (κ1) is 20.6. The van der Waals surface area contributed by atoms with Crippen molar-refractivity contribution in [3.63, 3.8) is 0 Å². The smallest absolute Gasteiger partial charge is 0.211 e. The van der Waals surface area contributed by atoms with E-state index in [2.05, 4.69) is 33.9 Å². The molecule has 152 valence electrons. The molecule has 1 aliphatic rings. The molecule has 28 heavy (non-hydrogen) atoms. The van der Waals surface area contributed by atoms with Crippen molar-refractivity contribution in [2.24, 2.45) is 0 Å². The van der Waals surface area contributed by atoms with E-state index >= 15 is 0 Å². The molecular weight excluding hydrogens is 376 g/mol. The summed E-state index contributed by atoms with van der Waals surface area (Å²) in [5, 5.41) is 0. The second-order valence-corrected chi connectivity index (χ2v) is 8.75. The summed E-state index contributed by atoms with van der Waals surface area (Å²) in [6, 6.07) is 15.8. The van der Waals surface area contributed by atoms with Crippen molar-refractivity contribution in [1.82, 2.24) is 4.72 Å². The summed E-state index contributed by atoms with van der Waals surface area (Å²) in [6.07, 6.45) is 1.15. The zero-order valence-electron chi connectivity index (χ0n) is 16.3. The van der Waals surface area contributed by atoms with Crippen molar-refractivity contribution >= 4 is 15.7 Å². The summed E-state index contributed by atoms with van der Waals surface area (Å²) in [6.45, 7) is 3.75. The molecule has 1 heterocycles. The first-order valence-electron chi connectivity index (χ1n) is 9.58. The van der Waals surface area contributed by atoms with Crippen molar-refractivity contribution in [2.45, 2.75) is 12.8 Å². The van der Waals surface area contributed by atoms with Gasteiger partial charge in [0.2, 0.25) is 10.0 Å². The average molecular weight is 405 g/mol. The summed E-state index contributed by atoms with van der Waals surface area (Å²) in [7, 11) is -1.68. The highest BCUT2D eigenvalue weighted by Crippen LogP contribution is 2.17. The molecule has 0 aliphatic carbocycles. The molecule has 1 aliphatic heterocycles. The molecule has 0 bridgehead atoms. The fraction of sp³-hybridized carbons (Fsp3) is 0.429. The minimum absolute atomic E-state index is 0.0787. The van der Waals surface area contributed by atoms with Crippen LogP contribution in [0.3, 0.4) is 0 Å². The van der Waals surface area contributed by atoms with Crippen LogP contribution in [0.5, 0.6) is 5.75 Å². The fourth-order valence-electron chi connectivity index (χ4n) is 3.16. The number of aryl methyl sites for hydroxylation is 1. The van der Waals surface area contributed by atoms with Crippen LogP contribution in [-0.4, -0.2) is 54.1 Å². The Bertz CT molecular complexity index is 830. The number of sulfonamides is 1. The molecule has 0 spiro atoms. The lowest BCUT2D eigenvalue weighted by Gasteiger charge is -2.28. The van der Waals surface area contributed by atoms with Crippen LogP contribution < -0.4 is 14.4 Å². The predicted octanol–water partition coefficient (Wildman–Crippen LogP) is 2.24. The SMILES string of the molecule is COc1ccc(CCS(=O)(=O)NCCc2ccc(N3CCOCC3)cc2)cc1. The zero-order valence-corrected chi connectivity index (χ0v) is 17.1. The maximum Gasteiger partial charge on any atom is 0.211 e. The Kier molecular flexibility index (Phi) is 7.30. The van der Waals surface area contributed by atoms with Gasteiger partial charge in [0.1, 0.15) is 5.75 Å². The van der Waals surface area contributed by atoms with Gasteiger partial charge in [0.15, 0.2) is 0 Å². The molecule has 1 fully saturated rings. The van der Waals surface area contributed by atoms with Crippen LogP contribution in [0.4, 0.5) is 5.69 Å². The number of hydrogen-bond donors (Lipinski definition) is 1. The van der Waals surface area contributed by atoms with Crippen molar-refractivity contribution in [3.05, 3.63) is 59.7 Å². The lowest BCUT2D eigenvalue weighted by atomic mass is 10.1. The third kappa shape index (κ3) is 6.22. The van der Waals surface area contributed by atoms with E-state index in [1.165, 1.54) is 5.69 Å². The fourth-order valence-corrected chi connectivity index (χ4v) is 4.22. The topological polar surface area (TPSA) is 67.9 Å². The maximum atomic E-state index is 12.2. The molecule has 1 saturated heterocycles. The number of methoxy groups -OCH3 is 1. The number of rotatable bonds is 9.